The third-order valence-corrected chi connectivity index (χ3v) is 3.43. The first-order valence-electron chi connectivity index (χ1n) is 6.92. The topological polar surface area (TPSA) is 21.3 Å². The van der Waals surface area contributed by atoms with Crippen molar-refractivity contribution in [1.82, 2.24) is 5.32 Å². The first-order valence-corrected chi connectivity index (χ1v) is 7.68. The zero-order chi connectivity index (χ0) is 14.1. The lowest BCUT2D eigenvalue weighted by Crippen LogP contribution is -2.36. The van der Waals surface area contributed by atoms with Gasteiger partial charge in [0.05, 0.1) is 6.61 Å². The Balaban J connectivity index is 2.61. The molecule has 0 aromatic heterocycles. The molecule has 1 atom stereocenters. The van der Waals surface area contributed by atoms with Crippen molar-refractivity contribution in [3.63, 3.8) is 0 Å². The number of ether oxygens (including phenoxy) is 1. The molecule has 0 radical (unpaired) electrons. The molecule has 0 aliphatic heterocycles. The van der Waals surface area contributed by atoms with E-state index in [1.807, 2.05) is 18.2 Å². The van der Waals surface area contributed by atoms with Crippen LogP contribution < -0.4 is 5.32 Å². The second kappa shape index (κ2) is 9.60. The number of halogens is 2. The SMILES string of the molecule is CCCNC(COCCC)Cc1cc(Cl)ccc1Cl. The van der Waals surface area contributed by atoms with Gasteiger partial charge in [-0.1, -0.05) is 37.0 Å². The van der Waals surface area contributed by atoms with Gasteiger partial charge < -0.3 is 10.1 Å². The molecule has 0 aliphatic carbocycles. The van der Waals surface area contributed by atoms with Gasteiger partial charge in [-0.15, -0.1) is 0 Å². The smallest absolute Gasteiger partial charge is 0.0622 e. The first-order chi connectivity index (χ1) is 9.17. The van der Waals surface area contributed by atoms with Crippen molar-refractivity contribution in [1.29, 1.82) is 0 Å². The van der Waals surface area contributed by atoms with Gasteiger partial charge in [-0.05, 0) is 49.6 Å². The van der Waals surface area contributed by atoms with Crippen LogP contribution in [0, 0.1) is 0 Å². The lowest BCUT2D eigenvalue weighted by Gasteiger charge is -2.19. The quantitative estimate of drug-likeness (QED) is 0.686. The fraction of sp³-hybridized carbons (Fsp3) is 0.600. The molecule has 1 aromatic carbocycles. The Hall–Kier alpha value is -0.280. The summed E-state index contributed by atoms with van der Waals surface area (Å²) in [6.07, 6.45) is 2.98. The normalized spacial score (nSPS) is 12.6. The molecule has 0 saturated carbocycles. The van der Waals surface area contributed by atoms with Crippen molar-refractivity contribution >= 4 is 23.2 Å². The van der Waals surface area contributed by atoms with Gasteiger partial charge in [0.15, 0.2) is 0 Å². The third-order valence-electron chi connectivity index (χ3n) is 2.82. The predicted octanol–water partition coefficient (Wildman–Crippen LogP) is 4.33. The summed E-state index contributed by atoms with van der Waals surface area (Å²) in [5, 5.41) is 4.99. The Morgan fingerprint density at radius 2 is 2.00 bits per heavy atom. The van der Waals surface area contributed by atoms with E-state index < -0.39 is 0 Å². The summed E-state index contributed by atoms with van der Waals surface area (Å²) in [6.45, 7) is 6.76. The zero-order valence-corrected chi connectivity index (χ0v) is 13.2. The van der Waals surface area contributed by atoms with Crippen molar-refractivity contribution in [3.05, 3.63) is 33.8 Å². The predicted molar refractivity (Wildman–Crippen MR) is 83.4 cm³/mol. The van der Waals surface area contributed by atoms with Crippen LogP contribution in [0.4, 0.5) is 0 Å². The van der Waals surface area contributed by atoms with Gasteiger partial charge in [0.1, 0.15) is 0 Å². The van der Waals surface area contributed by atoms with E-state index >= 15 is 0 Å². The molecule has 19 heavy (non-hydrogen) atoms. The van der Waals surface area contributed by atoms with E-state index in [2.05, 4.69) is 19.2 Å². The molecule has 1 rings (SSSR count). The monoisotopic (exact) mass is 303 g/mol. The van der Waals surface area contributed by atoms with Crippen LogP contribution in [0.15, 0.2) is 18.2 Å². The first kappa shape index (κ1) is 16.8. The largest absolute Gasteiger partial charge is 0.380 e. The minimum Gasteiger partial charge on any atom is -0.380 e. The van der Waals surface area contributed by atoms with Crippen molar-refractivity contribution in [2.75, 3.05) is 19.8 Å². The van der Waals surface area contributed by atoms with Gasteiger partial charge in [-0.2, -0.15) is 0 Å². The van der Waals surface area contributed by atoms with Crippen molar-refractivity contribution < 1.29 is 4.74 Å². The average Bonchev–Trinajstić information content (AvgIpc) is 2.40. The van der Waals surface area contributed by atoms with Crippen LogP contribution in [0.5, 0.6) is 0 Å². The molecular formula is C15H23Cl2NO. The van der Waals surface area contributed by atoms with Gasteiger partial charge in [0.25, 0.3) is 0 Å². The molecule has 0 saturated heterocycles. The van der Waals surface area contributed by atoms with Crippen molar-refractivity contribution in [3.8, 4) is 0 Å². The summed E-state index contributed by atoms with van der Waals surface area (Å²) in [5.74, 6) is 0. The van der Waals surface area contributed by atoms with E-state index in [1.165, 1.54) is 0 Å². The molecule has 1 unspecified atom stereocenters. The maximum absolute atomic E-state index is 6.21. The van der Waals surface area contributed by atoms with Crippen LogP contribution in [0.1, 0.15) is 32.3 Å². The minimum absolute atomic E-state index is 0.280. The van der Waals surface area contributed by atoms with Gasteiger partial charge >= 0.3 is 0 Å². The summed E-state index contributed by atoms with van der Waals surface area (Å²) in [5.41, 5.74) is 1.07. The highest BCUT2D eigenvalue weighted by Gasteiger charge is 2.11. The van der Waals surface area contributed by atoms with E-state index in [0.29, 0.717) is 6.61 Å². The highest BCUT2D eigenvalue weighted by atomic mass is 35.5. The number of benzene rings is 1. The maximum Gasteiger partial charge on any atom is 0.0622 e. The minimum atomic E-state index is 0.280. The van der Waals surface area contributed by atoms with E-state index in [4.69, 9.17) is 27.9 Å². The van der Waals surface area contributed by atoms with E-state index in [0.717, 1.165) is 48.0 Å². The number of hydrogen-bond acceptors (Lipinski definition) is 2. The van der Waals surface area contributed by atoms with Crippen LogP contribution in [0.25, 0.3) is 0 Å². The fourth-order valence-electron chi connectivity index (χ4n) is 1.87. The van der Waals surface area contributed by atoms with Crippen LogP contribution in [0.2, 0.25) is 10.0 Å². The second-order valence-electron chi connectivity index (χ2n) is 4.67. The number of nitrogens with one attached hydrogen (secondary N) is 1. The molecule has 0 bridgehead atoms. The molecule has 108 valence electrons. The van der Waals surface area contributed by atoms with E-state index in [1.54, 1.807) is 0 Å². The lowest BCUT2D eigenvalue weighted by molar-refractivity contribution is 0.112. The molecule has 1 N–H and O–H groups in total. The van der Waals surface area contributed by atoms with Gasteiger partial charge in [-0.3, -0.25) is 0 Å². The Kier molecular flexibility index (Phi) is 8.47. The lowest BCUT2D eigenvalue weighted by atomic mass is 10.1. The van der Waals surface area contributed by atoms with Crippen LogP contribution in [0.3, 0.4) is 0 Å². The van der Waals surface area contributed by atoms with Crippen molar-refractivity contribution in [2.24, 2.45) is 0 Å². The molecule has 4 heteroatoms. The Morgan fingerprint density at radius 1 is 1.21 bits per heavy atom. The number of rotatable bonds is 9. The Morgan fingerprint density at radius 3 is 2.68 bits per heavy atom. The number of hydrogen-bond donors (Lipinski definition) is 1. The van der Waals surface area contributed by atoms with Crippen molar-refractivity contribution in [2.45, 2.75) is 39.2 Å². The molecule has 0 amide bonds. The average molecular weight is 304 g/mol. The summed E-state index contributed by atoms with van der Waals surface area (Å²) in [4.78, 5) is 0. The summed E-state index contributed by atoms with van der Waals surface area (Å²) in [6, 6.07) is 5.88. The summed E-state index contributed by atoms with van der Waals surface area (Å²) >= 11 is 12.2. The molecule has 0 aliphatic rings. The standard InChI is InChI=1S/C15H23Cl2NO/c1-3-7-18-14(11-19-8-4-2)10-12-9-13(16)5-6-15(12)17/h5-6,9,14,18H,3-4,7-8,10-11H2,1-2H3. The second-order valence-corrected chi connectivity index (χ2v) is 5.51. The van der Waals surface area contributed by atoms with Gasteiger partial charge in [0.2, 0.25) is 0 Å². The maximum atomic E-state index is 6.21. The Labute approximate surface area is 126 Å². The van der Waals surface area contributed by atoms with Crippen LogP contribution in [-0.4, -0.2) is 25.8 Å². The fourth-order valence-corrected chi connectivity index (χ4v) is 2.26. The molecule has 0 fully saturated rings. The van der Waals surface area contributed by atoms with E-state index in [9.17, 15) is 0 Å². The molecule has 1 aromatic rings. The molecule has 0 heterocycles. The van der Waals surface area contributed by atoms with E-state index in [-0.39, 0.29) is 6.04 Å². The highest BCUT2D eigenvalue weighted by molar-refractivity contribution is 6.33. The van der Waals surface area contributed by atoms with Gasteiger partial charge in [-0.25, -0.2) is 0 Å². The van der Waals surface area contributed by atoms with Gasteiger partial charge in [0, 0.05) is 22.7 Å². The molecule has 0 spiro atoms. The Bertz CT molecular complexity index is 371. The summed E-state index contributed by atoms with van der Waals surface area (Å²) in [7, 11) is 0. The third kappa shape index (κ3) is 6.62. The summed E-state index contributed by atoms with van der Waals surface area (Å²) < 4.78 is 5.65. The zero-order valence-electron chi connectivity index (χ0n) is 11.7. The highest BCUT2D eigenvalue weighted by Crippen LogP contribution is 2.22. The molecular weight excluding hydrogens is 281 g/mol. The van der Waals surface area contributed by atoms with Crippen LogP contribution in [-0.2, 0) is 11.2 Å². The molecule has 2 nitrogen and oxygen atoms in total. The van der Waals surface area contributed by atoms with Crippen LogP contribution >= 0.6 is 23.2 Å².